The number of hydrogen-bond acceptors (Lipinski definition) is 4. The largest absolute Gasteiger partial charge is 0.493 e. The highest BCUT2D eigenvalue weighted by Gasteiger charge is 2.10. The Bertz CT molecular complexity index is 612. The van der Waals surface area contributed by atoms with E-state index in [9.17, 15) is 4.79 Å². The van der Waals surface area contributed by atoms with Crippen LogP contribution < -0.4 is 9.47 Å². The molecule has 0 aliphatic carbocycles. The molecular weight excluding hydrogens is 244 g/mol. The Morgan fingerprint density at radius 2 is 2.21 bits per heavy atom. The van der Waals surface area contributed by atoms with E-state index in [1.165, 1.54) is 7.11 Å². The minimum atomic E-state index is -0.156. The molecule has 0 unspecified atom stereocenters. The summed E-state index contributed by atoms with van der Waals surface area (Å²) in [5, 5.41) is 8.79. The van der Waals surface area contributed by atoms with Gasteiger partial charge < -0.3 is 14.5 Å². The molecule has 1 aromatic heterocycles. The molecule has 0 radical (unpaired) electrons. The average Bonchev–Trinajstić information content (AvgIpc) is 2.98. The van der Waals surface area contributed by atoms with E-state index in [1.807, 2.05) is 6.07 Å². The summed E-state index contributed by atoms with van der Waals surface area (Å²) in [6, 6.07) is 10.2. The van der Waals surface area contributed by atoms with Crippen molar-refractivity contribution in [3.63, 3.8) is 0 Å². The first kappa shape index (κ1) is 12.7. The quantitative estimate of drug-likeness (QED) is 0.832. The molecule has 0 fully saturated rings. The lowest BCUT2D eigenvalue weighted by Gasteiger charge is -2.09. The number of hydrogen-bond donors (Lipinski definition) is 1. The third-order valence-electron chi connectivity index (χ3n) is 2.55. The summed E-state index contributed by atoms with van der Waals surface area (Å²) < 4.78 is 10.5. The number of carbonyl (C=O) groups excluding carboxylic acids is 1. The smallest absolute Gasteiger partial charge is 0.216 e. The first-order chi connectivity index (χ1) is 9.24. The maximum atomic E-state index is 11.8. The van der Waals surface area contributed by atoms with Gasteiger partial charge in [0.2, 0.25) is 5.78 Å². The summed E-state index contributed by atoms with van der Waals surface area (Å²) in [4.78, 5) is 14.6. The van der Waals surface area contributed by atoms with Crippen LogP contribution in [0.4, 0.5) is 0 Å². The van der Waals surface area contributed by atoms with Crippen LogP contribution >= 0.6 is 0 Å². The molecule has 5 nitrogen and oxygen atoms in total. The Hall–Kier alpha value is -2.74. The summed E-state index contributed by atoms with van der Waals surface area (Å²) >= 11 is 0. The van der Waals surface area contributed by atoms with Crippen molar-refractivity contribution < 1.29 is 14.3 Å². The minimum Gasteiger partial charge on any atom is -0.493 e. The number of methoxy groups -OCH3 is 1. The van der Waals surface area contributed by atoms with Crippen LogP contribution in [0, 0.1) is 11.3 Å². The van der Waals surface area contributed by atoms with Gasteiger partial charge in [0.15, 0.2) is 18.1 Å². The van der Waals surface area contributed by atoms with Crippen LogP contribution in [0.25, 0.3) is 0 Å². The van der Waals surface area contributed by atoms with Gasteiger partial charge in [-0.2, -0.15) is 5.26 Å². The van der Waals surface area contributed by atoms with Gasteiger partial charge in [0, 0.05) is 12.3 Å². The molecule has 0 saturated carbocycles. The molecule has 96 valence electrons. The first-order valence-electron chi connectivity index (χ1n) is 5.62. The molecule has 0 aliphatic rings. The zero-order valence-electron chi connectivity index (χ0n) is 10.3. The van der Waals surface area contributed by atoms with Crippen LogP contribution in [0.1, 0.15) is 16.1 Å². The number of benzene rings is 1. The number of Topliss-reactive ketones (excluding diaryl/α,β-unsaturated/α-hetero) is 1. The first-order valence-corrected chi connectivity index (χ1v) is 5.62. The van der Waals surface area contributed by atoms with E-state index in [4.69, 9.17) is 14.7 Å². The van der Waals surface area contributed by atoms with E-state index in [0.717, 1.165) is 0 Å². The van der Waals surface area contributed by atoms with Gasteiger partial charge in [-0.1, -0.05) is 0 Å². The van der Waals surface area contributed by atoms with Crippen molar-refractivity contribution in [2.45, 2.75) is 0 Å². The van der Waals surface area contributed by atoms with Crippen LogP contribution in [-0.4, -0.2) is 24.5 Å². The fourth-order valence-electron chi connectivity index (χ4n) is 1.58. The van der Waals surface area contributed by atoms with Crippen molar-refractivity contribution in [3.8, 4) is 17.6 Å². The second-order valence-electron chi connectivity index (χ2n) is 3.77. The third kappa shape index (κ3) is 2.93. The fraction of sp³-hybridized carbons (Fsp3) is 0.143. The van der Waals surface area contributed by atoms with Crippen molar-refractivity contribution in [1.29, 1.82) is 5.26 Å². The van der Waals surface area contributed by atoms with Crippen molar-refractivity contribution in [2.75, 3.05) is 13.7 Å². The average molecular weight is 256 g/mol. The lowest BCUT2D eigenvalue weighted by atomic mass is 10.2. The van der Waals surface area contributed by atoms with Crippen LogP contribution in [0.15, 0.2) is 36.5 Å². The molecule has 0 spiro atoms. The number of nitriles is 1. The third-order valence-corrected chi connectivity index (χ3v) is 2.55. The molecule has 0 saturated heterocycles. The summed E-state index contributed by atoms with van der Waals surface area (Å²) in [6.45, 7) is -0.0945. The predicted molar refractivity (Wildman–Crippen MR) is 68.3 cm³/mol. The normalized spacial score (nSPS) is 9.68. The number of ketones is 1. The van der Waals surface area contributed by atoms with E-state index in [2.05, 4.69) is 4.98 Å². The molecule has 0 aliphatic heterocycles. The number of carbonyl (C=O) groups is 1. The molecule has 0 atom stereocenters. The highest BCUT2D eigenvalue weighted by atomic mass is 16.5. The van der Waals surface area contributed by atoms with Crippen LogP contribution in [0.2, 0.25) is 0 Å². The highest BCUT2D eigenvalue weighted by molar-refractivity contribution is 5.95. The maximum Gasteiger partial charge on any atom is 0.216 e. The van der Waals surface area contributed by atoms with E-state index in [0.29, 0.717) is 22.8 Å². The molecule has 1 aromatic carbocycles. The Balaban J connectivity index is 2.07. The molecule has 2 rings (SSSR count). The number of H-pyrrole nitrogens is 1. The van der Waals surface area contributed by atoms with Crippen molar-refractivity contribution in [1.82, 2.24) is 4.98 Å². The Kier molecular flexibility index (Phi) is 3.84. The summed E-state index contributed by atoms with van der Waals surface area (Å²) in [5.41, 5.74) is 0.965. The zero-order valence-corrected chi connectivity index (χ0v) is 10.3. The zero-order chi connectivity index (χ0) is 13.7. The molecule has 0 bridgehead atoms. The Morgan fingerprint density at radius 3 is 2.84 bits per heavy atom. The van der Waals surface area contributed by atoms with E-state index < -0.39 is 0 Å². The van der Waals surface area contributed by atoms with Crippen molar-refractivity contribution in [3.05, 3.63) is 47.8 Å². The second-order valence-corrected chi connectivity index (χ2v) is 3.77. The van der Waals surface area contributed by atoms with Crippen LogP contribution in [-0.2, 0) is 0 Å². The number of rotatable bonds is 5. The highest BCUT2D eigenvalue weighted by Crippen LogP contribution is 2.27. The van der Waals surface area contributed by atoms with Gasteiger partial charge in [-0.3, -0.25) is 4.79 Å². The van der Waals surface area contributed by atoms with Crippen LogP contribution in [0.5, 0.6) is 11.5 Å². The van der Waals surface area contributed by atoms with Gasteiger partial charge in [-0.15, -0.1) is 0 Å². The van der Waals surface area contributed by atoms with Crippen LogP contribution in [0.3, 0.4) is 0 Å². The van der Waals surface area contributed by atoms with Gasteiger partial charge in [0.25, 0.3) is 0 Å². The van der Waals surface area contributed by atoms with Gasteiger partial charge in [0.05, 0.1) is 24.4 Å². The van der Waals surface area contributed by atoms with E-state index >= 15 is 0 Å². The number of nitrogens with one attached hydrogen (secondary N) is 1. The molecule has 19 heavy (non-hydrogen) atoms. The summed E-state index contributed by atoms with van der Waals surface area (Å²) in [5.74, 6) is 0.705. The van der Waals surface area contributed by atoms with Crippen molar-refractivity contribution >= 4 is 5.78 Å². The second kappa shape index (κ2) is 5.74. The van der Waals surface area contributed by atoms with E-state index in [-0.39, 0.29) is 12.4 Å². The topological polar surface area (TPSA) is 75.1 Å². The van der Waals surface area contributed by atoms with Gasteiger partial charge >= 0.3 is 0 Å². The molecule has 2 aromatic rings. The monoisotopic (exact) mass is 256 g/mol. The Morgan fingerprint density at radius 1 is 1.37 bits per heavy atom. The number of nitrogens with zero attached hydrogens (tertiary/aromatic N) is 1. The molecular formula is C14H12N2O3. The molecule has 5 heteroatoms. The standard InChI is InChI=1S/C14H12N2O3/c1-18-14-7-10(8-15)4-5-13(14)19-9-12(17)11-3-2-6-16-11/h2-7,16H,9H2,1H3. The molecule has 0 amide bonds. The Labute approximate surface area is 110 Å². The summed E-state index contributed by atoms with van der Waals surface area (Å²) in [7, 11) is 1.48. The number of ether oxygens (including phenoxy) is 2. The van der Waals surface area contributed by atoms with Gasteiger partial charge in [-0.25, -0.2) is 0 Å². The summed E-state index contributed by atoms with van der Waals surface area (Å²) in [6.07, 6.45) is 1.68. The van der Waals surface area contributed by atoms with E-state index in [1.54, 1.807) is 36.5 Å². The SMILES string of the molecule is COc1cc(C#N)ccc1OCC(=O)c1ccc[nH]1. The minimum absolute atomic E-state index is 0.0945. The maximum absolute atomic E-state index is 11.8. The number of aromatic amines is 1. The lowest BCUT2D eigenvalue weighted by molar-refractivity contribution is 0.0915. The lowest BCUT2D eigenvalue weighted by Crippen LogP contribution is -2.12. The number of aromatic nitrogens is 1. The molecule has 1 heterocycles. The fourth-order valence-corrected chi connectivity index (χ4v) is 1.58. The predicted octanol–water partition coefficient (Wildman–Crippen LogP) is 2.16. The molecule has 1 N–H and O–H groups in total. The van der Waals surface area contributed by atoms with Gasteiger partial charge in [0.1, 0.15) is 0 Å². The van der Waals surface area contributed by atoms with Crippen molar-refractivity contribution in [2.24, 2.45) is 0 Å². The van der Waals surface area contributed by atoms with Gasteiger partial charge in [-0.05, 0) is 24.3 Å².